The summed E-state index contributed by atoms with van der Waals surface area (Å²) in [6, 6.07) is 10.5. The van der Waals surface area contributed by atoms with E-state index in [2.05, 4.69) is 5.32 Å². The summed E-state index contributed by atoms with van der Waals surface area (Å²) in [7, 11) is 1.58. The predicted molar refractivity (Wildman–Crippen MR) is 86.0 cm³/mol. The zero-order chi connectivity index (χ0) is 17.1. The number of hydrogen-bond acceptors (Lipinski definition) is 3. The van der Waals surface area contributed by atoms with Crippen molar-refractivity contribution in [2.24, 2.45) is 0 Å². The molecule has 1 unspecified atom stereocenters. The van der Waals surface area contributed by atoms with Gasteiger partial charge in [-0.25, -0.2) is 8.78 Å². The third-order valence-electron chi connectivity index (χ3n) is 4.17. The fourth-order valence-corrected chi connectivity index (χ4v) is 2.96. The number of nitrogens with zero attached hydrogens (tertiary/aromatic N) is 1. The Morgan fingerprint density at radius 3 is 2.75 bits per heavy atom. The SMILES string of the molecule is COc1ccccc1C1CNCCN1C(=O)c1ccc(F)c(F)c1. The van der Waals surface area contributed by atoms with Crippen LogP contribution in [0.15, 0.2) is 42.5 Å². The number of amides is 1. The van der Waals surface area contributed by atoms with Crippen LogP contribution in [-0.4, -0.2) is 37.6 Å². The average Bonchev–Trinajstić information content (AvgIpc) is 2.63. The molecule has 0 radical (unpaired) electrons. The number of halogens is 2. The summed E-state index contributed by atoms with van der Waals surface area (Å²) in [4.78, 5) is 14.5. The Balaban J connectivity index is 1.94. The molecule has 1 heterocycles. The second kappa shape index (κ2) is 6.97. The van der Waals surface area contributed by atoms with Crippen LogP contribution in [-0.2, 0) is 0 Å². The molecule has 3 rings (SSSR count). The molecule has 1 aliphatic heterocycles. The van der Waals surface area contributed by atoms with Gasteiger partial charge in [-0.15, -0.1) is 0 Å². The van der Waals surface area contributed by atoms with Gasteiger partial charge in [-0.3, -0.25) is 4.79 Å². The Morgan fingerprint density at radius 2 is 2.00 bits per heavy atom. The largest absolute Gasteiger partial charge is 0.496 e. The van der Waals surface area contributed by atoms with Gasteiger partial charge in [0.1, 0.15) is 5.75 Å². The molecule has 0 bridgehead atoms. The molecule has 2 aromatic carbocycles. The third-order valence-corrected chi connectivity index (χ3v) is 4.17. The van der Waals surface area contributed by atoms with E-state index in [-0.39, 0.29) is 17.5 Å². The van der Waals surface area contributed by atoms with Crippen LogP contribution in [0.1, 0.15) is 22.0 Å². The summed E-state index contributed by atoms with van der Waals surface area (Å²) in [5.74, 6) is -1.63. The lowest BCUT2D eigenvalue weighted by atomic mass is 10.0. The van der Waals surface area contributed by atoms with E-state index < -0.39 is 11.6 Å². The summed E-state index contributed by atoms with van der Waals surface area (Å²) >= 11 is 0. The normalized spacial score (nSPS) is 17.6. The van der Waals surface area contributed by atoms with Crippen molar-refractivity contribution in [1.82, 2.24) is 10.2 Å². The molecule has 0 aliphatic carbocycles. The van der Waals surface area contributed by atoms with Crippen LogP contribution in [0.3, 0.4) is 0 Å². The second-order valence-electron chi connectivity index (χ2n) is 5.59. The molecule has 1 atom stereocenters. The Labute approximate surface area is 139 Å². The van der Waals surface area contributed by atoms with Crippen molar-refractivity contribution in [3.05, 3.63) is 65.2 Å². The van der Waals surface area contributed by atoms with Crippen molar-refractivity contribution in [1.29, 1.82) is 0 Å². The molecular weight excluding hydrogens is 314 g/mol. The standard InChI is InChI=1S/C18H18F2N2O2/c1-24-17-5-3-2-4-13(17)16-11-21-8-9-22(16)18(23)12-6-7-14(19)15(20)10-12/h2-7,10,16,21H,8-9,11H2,1H3. The quantitative estimate of drug-likeness (QED) is 0.940. The first-order valence-corrected chi connectivity index (χ1v) is 7.71. The maximum Gasteiger partial charge on any atom is 0.254 e. The van der Waals surface area contributed by atoms with Gasteiger partial charge in [-0.1, -0.05) is 18.2 Å². The van der Waals surface area contributed by atoms with Crippen molar-refractivity contribution in [3.63, 3.8) is 0 Å². The van der Waals surface area contributed by atoms with Gasteiger partial charge in [0.25, 0.3) is 5.91 Å². The lowest BCUT2D eigenvalue weighted by Gasteiger charge is -2.37. The van der Waals surface area contributed by atoms with Crippen LogP contribution < -0.4 is 10.1 Å². The fraction of sp³-hybridized carbons (Fsp3) is 0.278. The highest BCUT2D eigenvalue weighted by Gasteiger charge is 2.30. The topological polar surface area (TPSA) is 41.6 Å². The molecule has 1 N–H and O–H groups in total. The molecule has 1 saturated heterocycles. The maximum atomic E-state index is 13.5. The van der Waals surface area contributed by atoms with Gasteiger partial charge >= 0.3 is 0 Å². The lowest BCUT2D eigenvalue weighted by molar-refractivity contribution is 0.0631. The number of piperazine rings is 1. The molecule has 4 nitrogen and oxygen atoms in total. The monoisotopic (exact) mass is 332 g/mol. The van der Waals surface area contributed by atoms with E-state index in [1.54, 1.807) is 12.0 Å². The highest BCUT2D eigenvalue weighted by atomic mass is 19.2. The van der Waals surface area contributed by atoms with Gasteiger partial charge in [-0.2, -0.15) is 0 Å². The number of para-hydroxylation sites is 1. The molecule has 0 aromatic heterocycles. The minimum atomic E-state index is -1.02. The van der Waals surface area contributed by atoms with Gasteiger partial charge in [-0.05, 0) is 24.3 Å². The zero-order valence-corrected chi connectivity index (χ0v) is 13.3. The van der Waals surface area contributed by atoms with Gasteiger partial charge in [0, 0.05) is 30.8 Å². The van der Waals surface area contributed by atoms with E-state index in [1.165, 1.54) is 6.07 Å². The van der Waals surface area contributed by atoms with E-state index in [9.17, 15) is 13.6 Å². The molecule has 1 aliphatic rings. The highest BCUT2D eigenvalue weighted by molar-refractivity contribution is 5.94. The van der Waals surface area contributed by atoms with Crippen LogP contribution in [0.2, 0.25) is 0 Å². The molecule has 0 saturated carbocycles. The number of nitrogens with one attached hydrogen (secondary N) is 1. The van der Waals surface area contributed by atoms with Crippen LogP contribution in [0, 0.1) is 11.6 Å². The van der Waals surface area contributed by atoms with Gasteiger partial charge < -0.3 is 15.0 Å². The summed E-state index contributed by atoms with van der Waals surface area (Å²) in [6.07, 6.45) is 0. The Kier molecular flexibility index (Phi) is 4.76. The second-order valence-corrected chi connectivity index (χ2v) is 5.59. The minimum Gasteiger partial charge on any atom is -0.496 e. The smallest absolute Gasteiger partial charge is 0.254 e. The molecule has 24 heavy (non-hydrogen) atoms. The summed E-state index contributed by atoms with van der Waals surface area (Å²) in [5, 5.41) is 3.26. The predicted octanol–water partition coefficient (Wildman–Crippen LogP) is 2.76. The molecular formula is C18H18F2N2O2. The number of rotatable bonds is 3. The first kappa shape index (κ1) is 16.4. The molecule has 6 heteroatoms. The molecule has 126 valence electrons. The van der Waals surface area contributed by atoms with Crippen molar-refractivity contribution in [2.45, 2.75) is 6.04 Å². The van der Waals surface area contributed by atoms with Crippen molar-refractivity contribution >= 4 is 5.91 Å². The van der Waals surface area contributed by atoms with E-state index >= 15 is 0 Å². The summed E-state index contributed by atoms with van der Waals surface area (Å²) in [5.41, 5.74) is 1.01. The van der Waals surface area contributed by atoms with E-state index in [0.29, 0.717) is 25.4 Å². The minimum absolute atomic E-state index is 0.135. The molecule has 1 amide bonds. The van der Waals surface area contributed by atoms with E-state index in [0.717, 1.165) is 17.7 Å². The Hall–Kier alpha value is -2.47. The summed E-state index contributed by atoms with van der Waals surface area (Å²) < 4.78 is 32.0. The van der Waals surface area contributed by atoms with Crippen LogP contribution in [0.4, 0.5) is 8.78 Å². The lowest BCUT2D eigenvalue weighted by Crippen LogP contribution is -2.48. The van der Waals surface area contributed by atoms with Crippen molar-refractivity contribution in [3.8, 4) is 5.75 Å². The van der Waals surface area contributed by atoms with Crippen molar-refractivity contribution in [2.75, 3.05) is 26.7 Å². The maximum absolute atomic E-state index is 13.5. The number of carbonyl (C=O) groups excluding carboxylic acids is 1. The third kappa shape index (κ3) is 3.10. The number of benzene rings is 2. The van der Waals surface area contributed by atoms with Crippen LogP contribution >= 0.6 is 0 Å². The highest BCUT2D eigenvalue weighted by Crippen LogP contribution is 2.31. The molecule has 2 aromatic rings. The first-order valence-electron chi connectivity index (χ1n) is 7.71. The fourth-order valence-electron chi connectivity index (χ4n) is 2.96. The van der Waals surface area contributed by atoms with Gasteiger partial charge in [0.2, 0.25) is 0 Å². The number of hydrogen-bond donors (Lipinski definition) is 1. The molecule has 1 fully saturated rings. The number of carbonyl (C=O) groups is 1. The zero-order valence-electron chi connectivity index (χ0n) is 13.3. The molecule has 0 spiro atoms. The number of methoxy groups -OCH3 is 1. The van der Waals surface area contributed by atoms with Crippen molar-refractivity contribution < 1.29 is 18.3 Å². The van der Waals surface area contributed by atoms with Gasteiger partial charge in [0.05, 0.1) is 13.2 Å². The van der Waals surface area contributed by atoms with Crippen LogP contribution in [0.5, 0.6) is 5.75 Å². The average molecular weight is 332 g/mol. The van der Waals surface area contributed by atoms with E-state index in [4.69, 9.17) is 4.74 Å². The Bertz CT molecular complexity index is 752. The van der Waals surface area contributed by atoms with Crippen LogP contribution in [0.25, 0.3) is 0 Å². The first-order chi connectivity index (χ1) is 11.6. The number of ether oxygens (including phenoxy) is 1. The Morgan fingerprint density at radius 1 is 1.21 bits per heavy atom. The summed E-state index contributed by atoms with van der Waals surface area (Å²) in [6.45, 7) is 1.68. The van der Waals surface area contributed by atoms with Gasteiger partial charge in [0.15, 0.2) is 11.6 Å². The van der Waals surface area contributed by atoms with E-state index in [1.807, 2.05) is 24.3 Å².